The van der Waals surface area contributed by atoms with E-state index in [1.165, 1.54) is 6.07 Å². The van der Waals surface area contributed by atoms with Gasteiger partial charge in [0.15, 0.2) is 0 Å². The fourth-order valence-electron chi connectivity index (χ4n) is 3.44. The van der Waals surface area contributed by atoms with Crippen molar-refractivity contribution in [3.63, 3.8) is 0 Å². The van der Waals surface area contributed by atoms with Gasteiger partial charge in [0.25, 0.3) is 0 Å². The molecule has 1 aromatic carbocycles. The van der Waals surface area contributed by atoms with Crippen LogP contribution >= 0.6 is 11.6 Å². The Morgan fingerprint density at radius 3 is 2.24 bits per heavy atom. The first kappa shape index (κ1) is 18.4. The van der Waals surface area contributed by atoms with Crippen LogP contribution in [-0.4, -0.2) is 29.6 Å². The van der Waals surface area contributed by atoms with Crippen molar-refractivity contribution in [2.24, 2.45) is 5.73 Å². The maximum atomic E-state index is 14.0. The lowest BCUT2D eigenvalue weighted by Crippen LogP contribution is -2.60. The molecule has 0 fully saturated rings. The summed E-state index contributed by atoms with van der Waals surface area (Å²) in [4.78, 5) is 2.40. The van der Waals surface area contributed by atoms with Gasteiger partial charge >= 0.3 is 0 Å². The summed E-state index contributed by atoms with van der Waals surface area (Å²) in [6.45, 7) is 10.5. The summed E-state index contributed by atoms with van der Waals surface area (Å²) < 4.78 is 14.0. The van der Waals surface area contributed by atoms with Crippen LogP contribution in [0.1, 0.15) is 46.1 Å². The molecule has 120 valence electrons. The quantitative estimate of drug-likeness (QED) is 0.777. The zero-order valence-electron chi connectivity index (χ0n) is 13.6. The topological polar surface area (TPSA) is 29.3 Å². The molecule has 0 amide bonds. The predicted octanol–water partition coefficient (Wildman–Crippen LogP) is 4.25. The van der Waals surface area contributed by atoms with Gasteiger partial charge in [0, 0.05) is 16.6 Å². The molecule has 21 heavy (non-hydrogen) atoms. The van der Waals surface area contributed by atoms with Crippen molar-refractivity contribution in [2.45, 2.75) is 58.5 Å². The number of likely N-dealkylation sites (N-methyl/N-ethyl adjacent to an activating group) is 1. The molecule has 0 saturated heterocycles. The first-order valence-electron chi connectivity index (χ1n) is 7.89. The molecule has 0 radical (unpaired) electrons. The minimum absolute atomic E-state index is 0.0990. The van der Waals surface area contributed by atoms with Crippen LogP contribution in [0.5, 0.6) is 0 Å². The standard InChI is InChI=1S/C17H28ClFN2/c1-5-17(6-2,21(7-3)8-4)16(20)12-13-11-14(18)9-10-15(13)19/h9-11,16H,5-8,12,20H2,1-4H3. The molecule has 1 rings (SSSR count). The molecular weight excluding hydrogens is 287 g/mol. The molecule has 4 heteroatoms. The lowest BCUT2D eigenvalue weighted by atomic mass is 9.80. The third-order valence-corrected chi connectivity index (χ3v) is 4.99. The Morgan fingerprint density at radius 1 is 1.19 bits per heavy atom. The highest BCUT2D eigenvalue weighted by atomic mass is 35.5. The Hall–Kier alpha value is -0.640. The molecule has 0 heterocycles. The van der Waals surface area contributed by atoms with Gasteiger partial charge in [-0.25, -0.2) is 4.39 Å². The van der Waals surface area contributed by atoms with E-state index in [4.69, 9.17) is 17.3 Å². The van der Waals surface area contributed by atoms with Crippen molar-refractivity contribution in [1.82, 2.24) is 4.90 Å². The summed E-state index contributed by atoms with van der Waals surface area (Å²) in [7, 11) is 0. The number of nitrogens with two attached hydrogens (primary N) is 1. The molecule has 2 N–H and O–H groups in total. The van der Waals surface area contributed by atoms with E-state index in [0.717, 1.165) is 25.9 Å². The number of benzene rings is 1. The van der Waals surface area contributed by atoms with Gasteiger partial charge in [-0.2, -0.15) is 0 Å². The summed E-state index contributed by atoms with van der Waals surface area (Å²) >= 11 is 5.98. The van der Waals surface area contributed by atoms with Crippen LogP contribution in [0.15, 0.2) is 18.2 Å². The molecule has 0 saturated carbocycles. The molecular formula is C17H28ClFN2. The fraction of sp³-hybridized carbons (Fsp3) is 0.647. The van der Waals surface area contributed by atoms with E-state index in [1.807, 2.05) is 0 Å². The minimum Gasteiger partial charge on any atom is -0.326 e. The lowest BCUT2D eigenvalue weighted by molar-refractivity contribution is 0.0626. The normalized spacial score (nSPS) is 13.7. The minimum atomic E-state index is -0.226. The van der Waals surface area contributed by atoms with Gasteiger partial charge < -0.3 is 5.73 Å². The Labute approximate surface area is 133 Å². The number of hydrogen-bond donors (Lipinski definition) is 1. The first-order chi connectivity index (χ1) is 9.94. The summed E-state index contributed by atoms with van der Waals surface area (Å²) in [5.74, 6) is -0.226. The van der Waals surface area contributed by atoms with Crippen LogP contribution < -0.4 is 5.73 Å². The Balaban J connectivity index is 3.06. The number of hydrogen-bond acceptors (Lipinski definition) is 2. The summed E-state index contributed by atoms with van der Waals surface area (Å²) in [6.07, 6.45) is 2.41. The molecule has 0 aliphatic rings. The highest BCUT2D eigenvalue weighted by Gasteiger charge is 2.38. The van der Waals surface area contributed by atoms with Crippen LogP contribution in [-0.2, 0) is 6.42 Å². The van der Waals surface area contributed by atoms with E-state index in [9.17, 15) is 4.39 Å². The number of rotatable bonds is 8. The third-order valence-electron chi connectivity index (χ3n) is 4.76. The van der Waals surface area contributed by atoms with Crippen molar-refractivity contribution in [3.05, 3.63) is 34.6 Å². The van der Waals surface area contributed by atoms with Crippen molar-refractivity contribution in [3.8, 4) is 0 Å². The SMILES string of the molecule is CCN(CC)C(CC)(CC)C(N)Cc1cc(Cl)ccc1F. The maximum absolute atomic E-state index is 14.0. The number of halogens is 2. The fourth-order valence-corrected chi connectivity index (χ4v) is 3.63. The molecule has 1 atom stereocenters. The van der Waals surface area contributed by atoms with Gasteiger partial charge in [-0.3, -0.25) is 4.90 Å². The van der Waals surface area contributed by atoms with Gasteiger partial charge in [-0.15, -0.1) is 0 Å². The van der Waals surface area contributed by atoms with E-state index in [2.05, 4.69) is 32.6 Å². The van der Waals surface area contributed by atoms with Crippen molar-refractivity contribution >= 4 is 11.6 Å². The smallest absolute Gasteiger partial charge is 0.126 e. The Bertz CT molecular complexity index is 442. The van der Waals surface area contributed by atoms with E-state index in [0.29, 0.717) is 17.0 Å². The van der Waals surface area contributed by atoms with Crippen LogP contribution in [0, 0.1) is 5.82 Å². The van der Waals surface area contributed by atoms with Crippen LogP contribution in [0.2, 0.25) is 5.02 Å². The number of nitrogens with zero attached hydrogens (tertiary/aromatic N) is 1. The third kappa shape index (κ3) is 3.97. The molecule has 0 aromatic heterocycles. The van der Waals surface area contributed by atoms with Crippen molar-refractivity contribution < 1.29 is 4.39 Å². The maximum Gasteiger partial charge on any atom is 0.126 e. The van der Waals surface area contributed by atoms with E-state index in [-0.39, 0.29) is 17.4 Å². The molecule has 2 nitrogen and oxygen atoms in total. The van der Waals surface area contributed by atoms with Crippen LogP contribution in [0.3, 0.4) is 0 Å². The summed E-state index contributed by atoms with van der Waals surface area (Å²) in [6, 6.07) is 4.56. The molecule has 0 bridgehead atoms. The Morgan fingerprint density at radius 2 is 1.76 bits per heavy atom. The van der Waals surface area contributed by atoms with E-state index in [1.54, 1.807) is 12.1 Å². The zero-order valence-corrected chi connectivity index (χ0v) is 14.4. The predicted molar refractivity (Wildman–Crippen MR) is 89.3 cm³/mol. The second-order valence-corrected chi connectivity index (χ2v) is 5.97. The van der Waals surface area contributed by atoms with Crippen molar-refractivity contribution in [1.29, 1.82) is 0 Å². The van der Waals surface area contributed by atoms with E-state index < -0.39 is 0 Å². The first-order valence-corrected chi connectivity index (χ1v) is 8.27. The van der Waals surface area contributed by atoms with Crippen molar-refractivity contribution in [2.75, 3.05) is 13.1 Å². The summed E-state index contributed by atoms with van der Waals surface area (Å²) in [5.41, 5.74) is 7.03. The largest absolute Gasteiger partial charge is 0.326 e. The molecule has 1 aromatic rings. The van der Waals surface area contributed by atoms with E-state index >= 15 is 0 Å². The van der Waals surface area contributed by atoms with Gasteiger partial charge in [0.05, 0.1) is 0 Å². The molecule has 0 aliphatic carbocycles. The second-order valence-electron chi connectivity index (χ2n) is 5.53. The highest BCUT2D eigenvalue weighted by molar-refractivity contribution is 6.30. The van der Waals surface area contributed by atoms with Crippen LogP contribution in [0.25, 0.3) is 0 Å². The van der Waals surface area contributed by atoms with Gasteiger partial charge in [0.2, 0.25) is 0 Å². The van der Waals surface area contributed by atoms with Gasteiger partial charge in [-0.05, 0) is 56.1 Å². The zero-order chi connectivity index (χ0) is 16.0. The van der Waals surface area contributed by atoms with Crippen LogP contribution in [0.4, 0.5) is 4.39 Å². The Kier molecular flexibility index (Phi) is 7.11. The summed E-state index contributed by atoms with van der Waals surface area (Å²) in [5, 5.41) is 0.556. The monoisotopic (exact) mass is 314 g/mol. The highest BCUT2D eigenvalue weighted by Crippen LogP contribution is 2.29. The van der Waals surface area contributed by atoms with Gasteiger partial charge in [-0.1, -0.05) is 39.3 Å². The molecule has 1 unspecified atom stereocenters. The average molecular weight is 315 g/mol. The average Bonchev–Trinajstić information content (AvgIpc) is 2.48. The molecule has 0 aliphatic heterocycles. The lowest BCUT2D eigenvalue weighted by Gasteiger charge is -2.46. The molecule has 0 spiro atoms. The second kappa shape index (κ2) is 8.11. The van der Waals surface area contributed by atoms with Gasteiger partial charge in [0.1, 0.15) is 5.82 Å².